The molecule has 7 nitrogen and oxygen atoms in total. The second-order valence-corrected chi connectivity index (χ2v) is 7.82. The van der Waals surface area contributed by atoms with Crippen molar-refractivity contribution in [2.45, 2.75) is 26.4 Å². The van der Waals surface area contributed by atoms with Gasteiger partial charge in [0.15, 0.2) is 5.13 Å². The lowest BCUT2D eigenvalue weighted by atomic mass is 10.0. The van der Waals surface area contributed by atoms with Crippen LogP contribution in [0.15, 0.2) is 23.6 Å². The second-order valence-electron chi connectivity index (χ2n) is 6.99. The number of thiazole rings is 1. The fraction of sp³-hybridized carbons (Fsp3) is 0.500. The summed E-state index contributed by atoms with van der Waals surface area (Å²) in [5.41, 5.74) is 1.73. The number of carbonyl (C=O) groups excluding carboxylic acids is 1. The van der Waals surface area contributed by atoms with Gasteiger partial charge in [0.25, 0.3) is 0 Å². The highest BCUT2D eigenvalue weighted by atomic mass is 32.1. The third kappa shape index (κ3) is 5.01. The highest BCUT2D eigenvalue weighted by Gasteiger charge is 2.23. The normalized spacial score (nSPS) is 16.2. The molecule has 3 rings (SSSR count). The van der Waals surface area contributed by atoms with Gasteiger partial charge in [0, 0.05) is 38.1 Å². The van der Waals surface area contributed by atoms with Gasteiger partial charge in [0.2, 0.25) is 0 Å². The predicted octanol–water partition coefficient (Wildman–Crippen LogP) is 2.58. The minimum atomic E-state index is -0.744. The van der Waals surface area contributed by atoms with Crippen molar-refractivity contribution < 1.29 is 19.7 Å². The van der Waals surface area contributed by atoms with Crippen molar-refractivity contribution in [1.82, 2.24) is 9.88 Å². The molecule has 0 amide bonds. The molecule has 0 spiro atoms. The average molecular weight is 406 g/mol. The van der Waals surface area contributed by atoms with E-state index in [9.17, 15) is 15.0 Å². The zero-order valence-electron chi connectivity index (χ0n) is 16.3. The van der Waals surface area contributed by atoms with Crippen LogP contribution in [-0.2, 0) is 4.74 Å². The predicted molar refractivity (Wildman–Crippen MR) is 109 cm³/mol. The van der Waals surface area contributed by atoms with E-state index in [1.165, 1.54) is 12.1 Å². The molecule has 0 saturated carbocycles. The minimum Gasteiger partial charge on any atom is -0.507 e. The smallest absolute Gasteiger partial charge is 0.341 e. The number of piperazine rings is 1. The summed E-state index contributed by atoms with van der Waals surface area (Å²) in [6, 6.07) is 4.60. The SMILES string of the molecule is CCCOC(=O)c1cc(C(O)CN2CCN(c3nc(C)cs3)CC2)ccc1O. The van der Waals surface area contributed by atoms with Crippen molar-refractivity contribution in [3.05, 3.63) is 40.4 Å². The number of hydrogen-bond donors (Lipinski definition) is 2. The van der Waals surface area contributed by atoms with Crippen LogP contribution in [0.25, 0.3) is 0 Å². The lowest BCUT2D eigenvalue weighted by Crippen LogP contribution is -2.47. The highest BCUT2D eigenvalue weighted by Crippen LogP contribution is 2.25. The molecule has 1 saturated heterocycles. The number of nitrogens with zero attached hydrogens (tertiary/aromatic N) is 3. The number of hydrogen-bond acceptors (Lipinski definition) is 8. The Kier molecular flexibility index (Phi) is 6.88. The van der Waals surface area contributed by atoms with E-state index in [4.69, 9.17) is 4.74 Å². The van der Waals surface area contributed by atoms with Crippen molar-refractivity contribution in [2.75, 3.05) is 44.2 Å². The summed E-state index contributed by atoms with van der Waals surface area (Å²) in [4.78, 5) is 21.1. The van der Waals surface area contributed by atoms with Crippen LogP contribution in [0.1, 0.15) is 41.1 Å². The van der Waals surface area contributed by atoms with Gasteiger partial charge in [0.05, 0.1) is 18.4 Å². The Balaban J connectivity index is 1.57. The van der Waals surface area contributed by atoms with Gasteiger partial charge in [-0.15, -0.1) is 11.3 Å². The van der Waals surface area contributed by atoms with E-state index in [1.807, 2.05) is 13.8 Å². The Bertz CT molecular complexity index is 802. The van der Waals surface area contributed by atoms with E-state index < -0.39 is 12.1 Å². The molecule has 1 aliphatic rings. The monoisotopic (exact) mass is 405 g/mol. The van der Waals surface area contributed by atoms with Gasteiger partial charge in [0.1, 0.15) is 11.3 Å². The molecule has 8 heteroatoms. The summed E-state index contributed by atoms with van der Waals surface area (Å²) in [5.74, 6) is -0.704. The molecule has 1 aliphatic heterocycles. The molecule has 0 aliphatic carbocycles. The van der Waals surface area contributed by atoms with Crippen LogP contribution in [-0.4, -0.2) is 65.4 Å². The Labute approximate surface area is 169 Å². The highest BCUT2D eigenvalue weighted by molar-refractivity contribution is 7.13. The Morgan fingerprint density at radius 3 is 2.71 bits per heavy atom. The molecule has 0 radical (unpaired) electrons. The van der Waals surface area contributed by atoms with Crippen molar-refractivity contribution in [2.24, 2.45) is 0 Å². The number of β-amino-alcohol motifs (C(OH)–C–C–N with tert-alkyl or cyclic N) is 1. The van der Waals surface area contributed by atoms with E-state index in [0.717, 1.165) is 37.0 Å². The summed E-state index contributed by atoms with van der Waals surface area (Å²) in [7, 11) is 0. The van der Waals surface area contributed by atoms with Gasteiger partial charge in [-0.3, -0.25) is 4.90 Å². The number of benzene rings is 1. The average Bonchev–Trinajstić information content (AvgIpc) is 3.13. The third-order valence-electron chi connectivity index (χ3n) is 4.74. The van der Waals surface area contributed by atoms with Gasteiger partial charge in [-0.1, -0.05) is 13.0 Å². The van der Waals surface area contributed by atoms with Crippen LogP contribution in [0, 0.1) is 6.92 Å². The number of phenolic OH excluding ortho intramolecular Hbond substituents is 1. The summed E-state index contributed by atoms with van der Waals surface area (Å²) < 4.78 is 5.10. The van der Waals surface area contributed by atoms with Gasteiger partial charge >= 0.3 is 5.97 Å². The van der Waals surface area contributed by atoms with Crippen molar-refractivity contribution >= 4 is 22.4 Å². The number of rotatable bonds is 7. The molecule has 28 heavy (non-hydrogen) atoms. The Morgan fingerprint density at radius 2 is 2.07 bits per heavy atom. The lowest BCUT2D eigenvalue weighted by molar-refractivity contribution is 0.0501. The third-order valence-corrected chi connectivity index (χ3v) is 5.76. The largest absolute Gasteiger partial charge is 0.507 e. The van der Waals surface area contributed by atoms with Gasteiger partial charge in [-0.2, -0.15) is 0 Å². The van der Waals surface area contributed by atoms with Crippen molar-refractivity contribution in [3.63, 3.8) is 0 Å². The number of carbonyl (C=O) groups is 1. The Morgan fingerprint density at radius 1 is 1.32 bits per heavy atom. The maximum atomic E-state index is 12.1. The van der Waals surface area contributed by atoms with E-state index in [0.29, 0.717) is 25.1 Å². The minimum absolute atomic E-state index is 0.0916. The van der Waals surface area contributed by atoms with Crippen LogP contribution >= 0.6 is 11.3 Å². The standard InChI is InChI=1S/C20H27N3O4S/c1-3-10-27-19(26)16-11-15(4-5-17(16)24)18(25)12-22-6-8-23(9-7-22)20-21-14(2)13-28-20/h4-5,11,13,18,24-25H,3,6-10,12H2,1-2H3. The number of ether oxygens (including phenoxy) is 1. The first kappa shape index (κ1) is 20.6. The topological polar surface area (TPSA) is 86.1 Å². The molecule has 1 unspecified atom stereocenters. The zero-order chi connectivity index (χ0) is 20.1. The van der Waals surface area contributed by atoms with Crippen molar-refractivity contribution in [1.29, 1.82) is 0 Å². The molecular weight excluding hydrogens is 378 g/mol. The second kappa shape index (κ2) is 9.36. The maximum Gasteiger partial charge on any atom is 0.341 e. The number of aromatic hydroxyl groups is 1. The first-order valence-corrected chi connectivity index (χ1v) is 10.4. The van der Waals surface area contributed by atoms with E-state index in [2.05, 4.69) is 20.2 Å². The molecule has 2 heterocycles. The fourth-order valence-corrected chi connectivity index (χ4v) is 4.01. The van der Waals surface area contributed by atoms with Crippen LogP contribution < -0.4 is 4.90 Å². The number of esters is 1. The number of aryl methyl sites for hydroxylation is 1. The molecular formula is C20H27N3O4S. The molecule has 1 aromatic carbocycles. The molecule has 2 N–H and O–H groups in total. The number of aliphatic hydroxyl groups is 1. The molecule has 1 aromatic heterocycles. The van der Waals surface area contributed by atoms with Crippen molar-refractivity contribution in [3.8, 4) is 5.75 Å². The molecule has 0 bridgehead atoms. The fourth-order valence-electron chi connectivity index (χ4n) is 3.16. The van der Waals surface area contributed by atoms with E-state index >= 15 is 0 Å². The van der Waals surface area contributed by atoms with Crippen LogP contribution in [0.2, 0.25) is 0 Å². The first-order valence-electron chi connectivity index (χ1n) is 9.55. The van der Waals surface area contributed by atoms with E-state index in [-0.39, 0.29) is 11.3 Å². The van der Waals surface area contributed by atoms with Crippen LogP contribution in [0.5, 0.6) is 5.75 Å². The summed E-state index contributed by atoms with van der Waals surface area (Å²) >= 11 is 1.66. The lowest BCUT2D eigenvalue weighted by Gasteiger charge is -2.35. The molecule has 1 fully saturated rings. The number of aliphatic hydroxyl groups excluding tert-OH is 1. The number of anilines is 1. The first-order chi connectivity index (χ1) is 13.5. The quantitative estimate of drug-likeness (QED) is 0.685. The summed E-state index contributed by atoms with van der Waals surface area (Å²) in [5, 5.41) is 23.7. The summed E-state index contributed by atoms with van der Waals surface area (Å²) in [6.07, 6.45) is -0.0339. The zero-order valence-corrected chi connectivity index (χ0v) is 17.1. The molecule has 1 atom stereocenters. The number of aromatic nitrogens is 1. The number of phenols is 1. The van der Waals surface area contributed by atoms with Crippen LogP contribution in [0.3, 0.4) is 0 Å². The van der Waals surface area contributed by atoms with Gasteiger partial charge < -0.3 is 19.8 Å². The molecule has 2 aromatic rings. The summed E-state index contributed by atoms with van der Waals surface area (Å²) in [6.45, 7) is 8.07. The maximum absolute atomic E-state index is 12.1. The Hall–Kier alpha value is -2.16. The molecule has 152 valence electrons. The van der Waals surface area contributed by atoms with Gasteiger partial charge in [-0.25, -0.2) is 9.78 Å². The van der Waals surface area contributed by atoms with Crippen LogP contribution in [0.4, 0.5) is 5.13 Å². The van der Waals surface area contributed by atoms with Gasteiger partial charge in [-0.05, 0) is 31.0 Å². The van der Waals surface area contributed by atoms with E-state index in [1.54, 1.807) is 17.4 Å².